The second kappa shape index (κ2) is 7.24. The van der Waals surface area contributed by atoms with Crippen LogP contribution < -0.4 is 0 Å². The summed E-state index contributed by atoms with van der Waals surface area (Å²) in [7, 11) is -3.56. The Morgan fingerprint density at radius 3 is 2.67 bits per heavy atom. The van der Waals surface area contributed by atoms with Crippen LogP contribution in [0.25, 0.3) is 0 Å². The topological polar surface area (TPSA) is 37.4 Å². The highest BCUT2D eigenvalue weighted by Crippen LogP contribution is 2.28. The number of sulfonamides is 1. The van der Waals surface area contributed by atoms with E-state index in [1.54, 1.807) is 23.5 Å². The van der Waals surface area contributed by atoms with Crippen LogP contribution in [0.2, 0.25) is 0 Å². The van der Waals surface area contributed by atoms with Gasteiger partial charge in [0, 0.05) is 28.3 Å². The van der Waals surface area contributed by atoms with Gasteiger partial charge in [-0.25, -0.2) is 8.42 Å². The average molecular weight is 409 g/mol. The van der Waals surface area contributed by atoms with Crippen molar-refractivity contribution in [3.63, 3.8) is 0 Å². The monoisotopic (exact) mass is 407 g/mol. The van der Waals surface area contributed by atoms with Crippen molar-refractivity contribution in [2.45, 2.75) is 24.2 Å². The molecule has 0 aliphatic carbocycles. The SMILES string of the molecule is CCN(Cc1cccs1)S(=O)(=O)c1cc(CCl)ccc1Br. The number of halogens is 2. The van der Waals surface area contributed by atoms with Crippen molar-refractivity contribution in [2.24, 2.45) is 0 Å². The van der Waals surface area contributed by atoms with Crippen LogP contribution in [0.5, 0.6) is 0 Å². The summed E-state index contributed by atoms with van der Waals surface area (Å²) >= 11 is 10.7. The number of rotatable bonds is 6. The summed E-state index contributed by atoms with van der Waals surface area (Å²) in [6.07, 6.45) is 0. The van der Waals surface area contributed by atoms with E-state index in [0.29, 0.717) is 17.6 Å². The molecule has 0 N–H and O–H groups in total. The molecule has 7 heteroatoms. The van der Waals surface area contributed by atoms with Gasteiger partial charge in [0.05, 0.1) is 4.90 Å². The molecule has 1 heterocycles. The maximum Gasteiger partial charge on any atom is 0.244 e. The van der Waals surface area contributed by atoms with Crippen molar-refractivity contribution in [1.29, 1.82) is 0 Å². The molecular formula is C14H15BrClNO2S2. The fraction of sp³-hybridized carbons (Fsp3) is 0.286. The molecule has 21 heavy (non-hydrogen) atoms. The van der Waals surface area contributed by atoms with Gasteiger partial charge in [-0.3, -0.25) is 0 Å². The summed E-state index contributed by atoms with van der Waals surface area (Å²) in [6.45, 7) is 2.64. The molecule has 0 unspecified atom stereocenters. The molecule has 0 atom stereocenters. The molecule has 3 nitrogen and oxygen atoms in total. The Hall–Kier alpha value is -0.400. The van der Waals surface area contributed by atoms with Crippen LogP contribution in [-0.2, 0) is 22.4 Å². The number of benzene rings is 1. The first-order chi connectivity index (χ1) is 9.98. The molecule has 1 aromatic carbocycles. The Labute approximate surface area is 142 Å². The maximum absolute atomic E-state index is 12.8. The van der Waals surface area contributed by atoms with Crippen LogP contribution in [0, 0.1) is 0 Å². The average Bonchev–Trinajstić information content (AvgIpc) is 2.98. The van der Waals surface area contributed by atoms with Crippen molar-refractivity contribution in [2.75, 3.05) is 6.54 Å². The van der Waals surface area contributed by atoms with Crippen molar-refractivity contribution in [3.8, 4) is 0 Å². The zero-order valence-electron chi connectivity index (χ0n) is 11.4. The van der Waals surface area contributed by atoms with Gasteiger partial charge >= 0.3 is 0 Å². The molecule has 0 radical (unpaired) electrons. The highest BCUT2D eigenvalue weighted by atomic mass is 79.9. The lowest BCUT2D eigenvalue weighted by Gasteiger charge is -2.21. The van der Waals surface area contributed by atoms with Gasteiger partial charge in [-0.1, -0.05) is 19.1 Å². The van der Waals surface area contributed by atoms with Gasteiger partial charge in [0.1, 0.15) is 0 Å². The van der Waals surface area contributed by atoms with Crippen LogP contribution in [0.4, 0.5) is 0 Å². The summed E-state index contributed by atoms with van der Waals surface area (Å²) < 4.78 is 27.7. The zero-order valence-corrected chi connectivity index (χ0v) is 15.4. The lowest BCUT2D eigenvalue weighted by molar-refractivity contribution is 0.426. The second-order valence-corrected chi connectivity index (χ2v) is 8.47. The van der Waals surface area contributed by atoms with Gasteiger partial charge in [0.15, 0.2) is 0 Å². The second-order valence-electron chi connectivity index (χ2n) is 4.41. The summed E-state index contributed by atoms with van der Waals surface area (Å²) in [5.41, 5.74) is 0.783. The van der Waals surface area contributed by atoms with Crippen molar-refractivity contribution in [3.05, 3.63) is 50.6 Å². The first-order valence-electron chi connectivity index (χ1n) is 6.36. The van der Waals surface area contributed by atoms with Gasteiger partial charge in [-0.2, -0.15) is 4.31 Å². The minimum Gasteiger partial charge on any atom is -0.207 e. The van der Waals surface area contributed by atoms with Crippen molar-refractivity contribution in [1.82, 2.24) is 4.31 Å². The van der Waals surface area contributed by atoms with E-state index < -0.39 is 10.0 Å². The lowest BCUT2D eigenvalue weighted by atomic mass is 10.2. The van der Waals surface area contributed by atoms with Gasteiger partial charge in [0.2, 0.25) is 10.0 Å². The summed E-state index contributed by atoms with van der Waals surface area (Å²) in [6, 6.07) is 9.02. The van der Waals surface area contributed by atoms with E-state index in [4.69, 9.17) is 11.6 Å². The number of hydrogen-bond acceptors (Lipinski definition) is 3. The number of nitrogens with zero attached hydrogens (tertiary/aromatic N) is 1. The Morgan fingerprint density at radius 2 is 2.10 bits per heavy atom. The first-order valence-corrected chi connectivity index (χ1v) is 10.0. The van der Waals surface area contributed by atoms with Crippen LogP contribution in [0.15, 0.2) is 45.1 Å². The molecule has 0 aliphatic heterocycles. The molecule has 114 valence electrons. The van der Waals surface area contributed by atoms with E-state index in [2.05, 4.69) is 15.9 Å². The molecule has 0 amide bonds. The number of thiophene rings is 1. The molecule has 0 saturated carbocycles. The summed E-state index contributed by atoms with van der Waals surface area (Å²) in [5.74, 6) is 0.285. The van der Waals surface area contributed by atoms with Gasteiger partial charge in [0.25, 0.3) is 0 Å². The van der Waals surface area contributed by atoms with E-state index >= 15 is 0 Å². The normalized spacial score (nSPS) is 12.0. The molecule has 0 spiro atoms. The minimum absolute atomic E-state index is 0.263. The van der Waals surface area contributed by atoms with Gasteiger partial charge in [-0.05, 0) is 45.1 Å². The van der Waals surface area contributed by atoms with E-state index in [9.17, 15) is 8.42 Å². The fourth-order valence-electron chi connectivity index (χ4n) is 1.91. The quantitative estimate of drug-likeness (QED) is 0.662. The minimum atomic E-state index is -3.56. The molecule has 0 bridgehead atoms. The third kappa shape index (κ3) is 3.87. The molecule has 2 aromatic rings. The van der Waals surface area contributed by atoms with Gasteiger partial charge < -0.3 is 0 Å². The number of hydrogen-bond donors (Lipinski definition) is 0. The van der Waals surface area contributed by atoms with Crippen LogP contribution in [-0.4, -0.2) is 19.3 Å². The molecular weight excluding hydrogens is 394 g/mol. The van der Waals surface area contributed by atoms with E-state index in [-0.39, 0.29) is 10.8 Å². The molecule has 1 aromatic heterocycles. The first kappa shape index (κ1) is 17.0. The summed E-state index contributed by atoms with van der Waals surface area (Å²) in [5, 5.41) is 1.94. The van der Waals surface area contributed by atoms with E-state index in [1.165, 1.54) is 4.31 Å². The summed E-state index contributed by atoms with van der Waals surface area (Å²) in [4.78, 5) is 1.28. The standard InChI is InChI=1S/C14H15BrClNO2S2/c1-2-17(10-12-4-3-7-20-12)21(18,19)14-8-11(9-16)5-6-13(14)15/h3-8H,2,9-10H2,1H3. The van der Waals surface area contributed by atoms with E-state index in [0.717, 1.165) is 10.4 Å². The smallest absolute Gasteiger partial charge is 0.207 e. The lowest BCUT2D eigenvalue weighted by Crippen LogP contribution is -2.30. The predicted molar refractivity (Wildman–Crippen MR) is 91.3 cm³/mol. The van der Waals surface area contributed by atoms with Crippen LogP contribution in [0.1, 0.15) is 17.4 Å². The zero-order chi connectivity index (χ0) is 15.5. The highest BCUT2D eigenvalue weighted by Gasteiger charge is 2.26. The molecule has 0 saturated heterocycles. The highest BCUT2D eigenvalue weighted by molar-refractivity contribution is 9.10. The van der Waals surface area contributed by atoms with E-state index in [1.807, 2.05) is 30.5 Å². The third-order valence-electron chi connectivity index (χ3n) is 3.03. The Bertz CT molecular complexity index is 702. The Balaban J connectivity index is 2.39. The molecule has 0 fully saturated rings. The predicted octanol–water partition coefficient (Wildman–Crippen LogP) is 4.46. The Morgan fingerprint density at radius 1 is 1.33 bits per heavy atom. The van der Waals surface area contributed by atoms with Crippen LogP contribution in [0.3, 0.4) is 0 Å². The van der Waals surface area contributed by atoms with Crippen molar-refractivity contribution < 1.29 is 8.42 Å². The van der Waals surface area contributed by atoms with Crippen LogP contribution >= 0.6 is 38.9 Å². The molecule has 2 rings (SSSR count). The molecule has 0 aliphatic rings. The largest absolute Gasteiger partial charge is 0.244 e. The Kier molecular flexibility index (Phi) is 5.85. The maximum atomic E-state index is 12.8. The third-order valence-corrected chi connectivity index (χ3v) is 7.12. The van der Waals surface area contributed by atoms with Crippen molar-refractivity contribution >= 4 is 48.9 Å². The van der Waals surface area contributed by atoms with Gasteiger partial charge in [-0.15, -0.1) is 22.9 Å². The fourth-order valence-corrected chi connectivity index (χ4v) is 5.28. The number of alkyl halides is 1.